The maximum atomic E-state index is 13.1. The molecule has 0 bridgehead atoms. The van der Waals surface area contributed by atoms with E-state index in [0.717, 1.165) is 17.5 Å². The van der Waals surface area contributed by atoms with E-state index in [1.807, 2.05) is 13.0 Å². The monoisotopic (exact) mass is 434 g/mol. The van der Waals surface area contributed by atoms with Gasteiger partial charge in [0.1, 0.15) is 6.04 Å². The maximum absolute atomic E-state index is 13.1. The van der Waals surface area contributed by atoms with Gasteiger partial charge in [-0.3, -0.25) is 9.59 Å². The van der Waals surface area contributed by atoms with Crippen LogP contribution in [0.5, 0.6) is 0 Å². The third-order valence-corrected chi connectivity index (χ3v) is 5.77. The first-order valence-corrected chi connectivity index (χ1v) is 10.7. The van der Waals surface area contributed by atoms with Crippen LogP contribution in [0.25, 0.3) is 0 Å². The molecule has 0 heterocycles. The predicted octanol–water partition coefficient (Wildman–Crippen LogP) is 5.04. The van der Waals surface area contributed by atoms with Crippen LogP contribution >= 0.6 is 23.2 Å². The maximum Gasteiger partial charge on any atom is 0.242 e. The van der Waals surface area contributed by atoms with Crippen LogP contribution in [0.15, 0.2) is 42.5 Å². The summed E-state index contributed by atoms with van der Waals surface area (Å²) in [6, 6.07) is 13.0. The molecule has 0 aliphatic heterocycles. The third kappa shape index (κ3) is 6.48. The Kier molecular flexibility index (Phi) is 8.99. The molecule has 156 valence electrons. The number of nitrogens with zero attached hydrogens (tertiary/aromatic N) is 1. The first-order valence-electron chi connectivity index (χ1n) is 9.92. The van der Waals surface area contributed by atoms with Crippen LogP contribution in [0.1, 0.15) is 43.4 Å². The number of aryl methyl sites for hydroxylation is 2. The van der Waals surface area contributed by atoms with Crippen LogP contribution in [-0.4, -0.2) is 29.8 Å². The van der Waals surface area contributed by atoms with Crippen molar-refractivity contribution in [1.82, 2.24) is 10.2 Å². The molecule has 0 unspecified atom stereocenters. The molecule has 0 aromatic heterocycles. The fourth-order valence-electron chi connectivity index (χ4n) is 3.26. The average molecular weight is 435 g/mol. The number of rotatable bonds is 9. The molecule has 29 heavy (non-hydrogen) atoms. The van der Waals surface area contributed by atoms with Gasteiger partial charge < -0.3 is 10.2 Å². The Morgan fingerprint density at radius 1 is 0.966 bits per heavy atom. The minimum absolute atomic E-state index is 0.0638. The molecule has 2 amide bonds. The van der Waals surface area contributed by atoms with E-state index in [0.29, 0.717) is 35.9 Å². The molecule has 2 rings (SSSR count). The summed E-state index contributed by atoms with van der Waals surface area (Å²) >= 11 is 12.1. The topological polar surface area (TPSA) is 49.4 Å². The quantitative estimate of drug-likeness (QED) is 0.600. The second-order valence-corrected chi connectivity index (χ2v) is 7.79. The standard InChI is InChI=1S/C23H28Cl2N2O2/c1-4-16-6-8-17(9-7-16)11-13-22(28)27(21(5-2)23(29)26-3)15-18-10-12-19(24)20(25)14-18/h6-10,12,14,21H,4-5,11,13,15H2,1-3H3,(H,26,29)/t21-/m1/s1. The van der Waals surface area contributed by atoms with E-state index in [9.17, 15) is 9.59 Å². The Balaban J connectivity index is 2.18. The summed E-state index contributed by atoms with van der Waals surface area (Å²) in [5.41, 5.74) is 3.22. The summed E-state index contributed by atoms with van der Waals surface area (Å²) in [7, 11) is 1.59. The lowest BCUT2D eigenvalue weighted by atomic mass is 10.0. The molecule has 0 aliphatic carbocycles. The highest BCUT2D eigenvalue weighted by Crippen LogP contribution is 2.24. The van der Waals surface area contributed by atoms with Crippen molar-refractivity contribution in [3.8, 4) is 0 Å². The molecule has 0 saturated heterocycles. The van der Waals surface area contributed by atoms with Crippen LogP contribution in [0, 0.1) is 0 Å². The second-order valence-electron chi connectivity index (χ2n) is 6.98. The van der Waals surface area contributed by atoms with Gasteiger partial charge in [0.05, 0.1) is 10.0 Å². The third-order valence-electron chi connectivity index (χ3n) is 5.03. The van der Waals surface area contributed by atoms with Gasteiger partial charge in [-0.05, 0) is 48.1 Å². The zero-order valence-corrected chi connectivity index (χ0v) is 18.7. The molecule has 1 atom stereocenters. The largest absolute Gasteiger partial charge is 0.357 e. The Morgan fingerprint density at radius 2 is 1.59 bits per heavy atom. The van der Waals surface area contributed by atoms with Crippen LogP contribution in [0.4, 0.5) is 0 Å². The first-order chi connectivity index (χ1) is 13.9. The summed E-state index contributed by atoms with van der Waals surface area (Å²) in [5, 5.41) is 3.56. The van der Waals surface area contributed by atoms with E-state index in [-0.39, 0.29) is 11.8 Å². The first kappa shape index (κ1) is 23.2. The van der Waals surface area contributed by atoms with Gasteiger partial charge in [0.2, 0.25) is 11.8 Å². The van der Waals surface area contributed by atoms with E-state index in [4.69, 9.17) is 23.2 Å². The average Bonchev–Trinajstić information content (AvgIpc) is 2.74. The Hall–Kier alpha value is -2.04. The zero-order valence-electron chi connectivity index (χ0n) is 17.2. The molecule has 0 saturated carbocycles. The number of hydrogen-bond acceptors (Lipinski definition) is 2. The van der Waals surface area contributed by atoms with E-state index in [1.54, 1.807) is 24.1 Å². The van der Waals surface area contributed by atoms with Gasteiger partial charge in [-0.2, -0.15) is 0 Å². The molecule has 0 radical (unpaired) electrons. The number of carbonyl (C=O) groups excluding carboxylic acids is 2. The fraction of sp³-hybridized carbons (Fsp3) is 0.391. The van der Waals surface area contributed by atoms with Crippen molar-refractivity contribution < 1.29 is 9.59 Å². The number of amides is 2. The minimum atomic E-state index is -0.538. The number of halogens is 2. The van der Waals surface area contributed by atoms with Crippen LogP contribution in [0.3, 0.4) is 0 Å². The molecule has 4 nitrogen and oxygen atoms in total. The molecule has 2 aromatic rings. The van der Waals surface area contributed by atoms with Crippen molar-refractivity contribution in [1.29, 1.82) is 0 Å². The number of likely N-dealkylation sites (N-methyl/N-ethyl adjacent to an activating group) is 1. The van der Waals surface area contributed by atoms with Crippen molar-refractivity contribution in [2.45, 2.75) is 52.1 Å². The number of hydrogen-bond donors (Lipinski definition) is 1. The Morgan fingerprint density at radius 3 is 2.14 bits per heavy atom. The predicted molar refractivity (Wildman–Crippen MR) is 119 cm³/mol. The Bertz CT molecular complexity index is 837. The molecule has 1 N–H and O–H groups in total. The van der Waals surface area contributed by atoms with Crippen molar-refractivity contribution in [2.75, 3.05) is 7.05 Å². The van der Waals surface area contributed by atoms with Crippen LogP contribution in [-0.2, 0) is 29.0 Å². The van der Waals surface area contributed by atoms with Crippen molar-refractivity contribution in [2.24, 2.45) is 0 Å². The van der Waals surface area contributed by atoms with Gasteiger partial charge in [0.15, 0.2) is 0 Å². The smallest absolute Gasteiger partial charge is 0.242 e. The zero-order chi connectivity index (χ0) is 21.4. The van der Waals surface area contributed by atoms with Crippen molar-refractivity contribution in [3.05, 3.63) is 69.2 Å². The van der Waals surface area contributed by atoms with Gasteiger partial charge in [-0.25, -0.2) is 0 Å². The number of carbonyl (C=O) groups is 2. The van der Waals surface area contributed by atoms with Crippen molar-refractivity contribution in [3.63, 3.8) is 0 Å². The van der Waals surface area contributed by atoms with E-state index < -0.39 is 6.04 Å². The molecule has 2 aromatic carbocycles. The summed E-state index contributed by atoms with van der Waals surface area (Å²) in [4.78, 5) is 27.1. The summed E-state index contributed by atoms with van der Waals surface area (Å²) < 4.78 is 0. The highest BCUT2D eigenvalue weighted by molar-refractivity contribution is 6.42. The summed E-state index contributed by atoms with van der Waals surface area (Å²) in [6.45, 7) is 4.32. The lowest BCUT2D eigenvalue weighted by Gasteiger charge is -2.30. The van der Waals surface area contributed by atoms with Crippen molar-refractivity contribution >= 4 is 35.0 Å². The molecular formula is C23H28Cl2N2O2. The fourth-order valence-corrected chi connectivity index (χ4v) is 3.58. The molecule has 6 heteroatoms. The van der Waals surface area contributed by atoms with E-state index in [2.05, 4.69) is 36.5 Å². The van der Waals surface area contributed by atoms with E-state index in [1.165, 1.54) is 5.56 Å². The van der Waals surface area contributed by atoms with Gasteiger partial charge in [-0.15, -0.1) is 0 Å². The van der Waals surface area contributed by atoms with Gasteiger partial charge in [-0.1, -0.05) is 67.4 Å². The summed E-state index contributed by atoms with van der Waals surface area (Å²) in [5.74, 6) is -0.237. The van der Waals surface area contributed by atoms with Crippen LogP contribution < -0.4 is 5.32 Å². The molecule has 0 aliphatic rings. The summed E-state index contributed by atoms with van der Waals surface area (Å²) in [6.07, 6.45) is 2.48. The number of nitrogens with one attached hydrogen (secondary N) is 1. The highest BCUT2D eigenvalue weighted by atomic mass is 35.5. The van der Waals surface area contributed by atoms with Crippen LogP contribution in [0.2, 0.25) is 10.0 Å². The second kappa shape index (κ2) is 11.2. The number of benzene rings is 2. The molecule has 0 fully saturated rings. The van der Waals surface area contributed by atoms with E-state index >= 15 is 0 Å². The lowest BCUT2D eigenvalue weighted by Crippen LogP contribution is -2.48. The normalized spacial score (nSPS) is 11.8. The van der Waals surface area contributed by atoms with Gasteiger partial charge in [0.25, 0.3) is 0 Å². The highest BCUT2D eigenvalue weighted by Gasteiger charge is 2.27. The van der Waals surface area contributed by atoms with Gasteiger partial charge in [0, 0.05) is 20.0 Å². The van der Waals surface area contributed by atoms with Gasteiger partial charge >= 0.3 is 0 Å². The minimum Gasteiger partial charge on any atom is -0.357 e. The SMILES string of the molecule is CCc1ccc(CCC(=O)N(Cc2ccc(Cl)c(Cl)c2)[C@H](CC)C(=O)NC)cc1. The molecule has 0 spiro atoms. The Labute approximate surface area is 183 Å². The molecular weight excluding hydrogens is 407 g/mol. The lowest BCUT2D eigenvalue weighted by molar-refractivity contribution is -0.141.